The minimum absolute atomic E-state index is 0.00868. The molecule has 0 saturated heterocycles. The first-order valence-corrected chi connectivity index (χ1v) is 7.87. The fourth-order valence-corrected chi connectivity index (χ4v) is 2.47. The van der Waals surface area contributed by atoms with Crippen molar-refractivity contribution in [2.24, 2.45) is 0 Å². The molecule has 0 atom stereocenters. The number of nitrogens with zero attached hydrogens (tertiary/aromatic N) is 1. The number of aliphatic hydroxyl groups is 1. The van der Waals surface area contributed by atoms with E-state index >= 15 is 0 Å². The number of halogens is 1. The number of hydrogen-bond donors (Lipinski definition) is 2. The summed E-state index contributed by atoms with van der Waals surface area (Å²) in [5.74, 6) is 0.339. The van der Waals surface area contributed by atoms with Gasteiger partial charge in [-0.3, -0.25) is 4.79 Å². The Balaban J connectivity index is 2.04. The van der Waals surface area contributed by atoms with Gasteiger partial charge in [-0.15, -0.1) is 0 Å². The Morgan fingerprint density at radius 1 is 1.16 bits per heavy atom. The number of benzene rings is 2. The Labute approximate surface area is 149 Å². The van der Waals surface area contributed by atoms with E-state index < -0.39 is 5.56 Å². The Morgan fingerprint density at radius 3 is 2.48 bits per heavy atom. The fourth-order valence-electron chi connectivity index (χ4n) is 2.34. The van der Waals surface area contributed by atoms with Crippen molar-refractivity contribution in [2.45, 2.75) is 6.61 Å². The number of ether oxygens (including phenoxy) is 1. The molecule has 1 heterocycles. The van der Waals surface area contributed by atoms with Crippen molar-refractivity contribution >= 4 is 17.4 Å². The summed E-state index contributed by atoms with van der Waals surface area (Å²) in [6.07, 6.45) is 0. The molecule has 2 aromatic carbocycles. The first kappa shape index (κ1) is 16.8. The van der Waals surface area contributed by atoms with Crippen molar-refractivity contribution in [3.63, 3.8) is 0 Å². The van der Waals surface area contributed by atoms with Crippen LogP contribution in [0.5, 0.6) is 5.75 Å². The molecule has 5 nitrogen and oxygen atoms in total. The molecule has 3 aromatic rings. The highest BCUT2D eigenvalue weighted by atomic mass is 35.5. The zero-order chi connectivity index (χ0) is 17.8. The van der Waals surface area contributed by atoms with Gasteiger partial charge in [0.2, 0.25) is 0 Å². The summed E-state index contributed by atoms with van der Waals surface area (Å²) in [7, 11) is 0. The highest BCUT2D eigenvalue weighted by molar-refractivity contribution is 6.30. The van der Waals surface area contributed by atoms with Gasteiger partial charge in [-0.1, -0.05) is 48.5 Å². The van der Waals surface area contributed by atoms with E-state index in [0.29, 0.717) is 27.6 Å². The standard InChI is InChI=1S/C19H15ClN2O3/c1-12(23)18-21-16(11-25-15-5-3-2-4-6-15)17(19(24)22-18)13-7-9-14(20)10-8-13/h2-10,23H,1,11H2,(H,21,22,24). The summed E-state index contributed by atoms with van der Waals surface area (Å²) < 4.78 is 5.72. The van der Waals surface area contributed by atoms with Crippen molar-refractivity contribution in [3.05, 3.63) is 88.1 Å². The first-order valence-electron chi connectivity index (χ1n) is 7.50. The van der Waals surface area contributed by atoms with Gasteiger partial charge in [0.25, 0.3) is 5.56 Å². The van der Waals surface area contributed by atoms with E-state index in [9.17, 15) is 9.90 Å². The molecule has 0 saturated carbocycles. The zero-order valence-electron chi connectivity index (χ0n) is 13.2. The maximum absolute atomic E-state index is 12.5. The lowest BCUT2D eigenvalue weighted by Crippen LogP contribution is -2.18. The molecule has 2 N–H and O–H groups in total. The molecule has 0 amide bonds. The zero-order valence-corrected chi connectivity index (χ0v) is 14.0. The maximum atomic E-state index is 12.5. The smallest absolute Gasteiger partial charge is 0.259 e. The Hall–Kier alpha value is -3.05. The fraction of sp³-hybridized carbons (Fsp3) is 0.0526. The van der Waals surface area contributed by atoms with Crippen LogP contribution in [0.25, 0.3) is 16.9 Å². The molecule has 0 bridgehead atoms. The second-order valence-electron chi connectivity index (χ2n) is 5.29. The van der Waals surface area contributed by atoms with Gasteiger partial charge in [0.15, 0.2) is 11.6 Å². The normalized spacial score (nSPS) is 10.4. The van der Waals surface area contributed by atoms with Crippen LogP contribution in [0.2, 0.25) is 5.02 Å². The molecular weight excluding hydrogens is 340 g/mol. The summed E-state index contributed by atoms with van der Waals surface area (Å²) >= 11 is 5.92. The van der Waals surface area contributed by atoms with Gasteiger partial charge >= 0.3 is 0 Å². The molecule has 1 aromatic heterocycles. The average molecular weight is 355 g/mol. The van der Waals surface area contributed by atoms with Crippen LogP contribution >= 0.6 is 11.6 Å². The molecule has 0 aliphatic heterocycles. The lowest BCUT2D eigenvalue weighted by atomic mass is 10.1. The van der Waals surface area contributed by atoms with Crippen molar-refractivity contribution < 1.29 is 9.84 Å². The number of rotatable bonds is 5. The summed E-state index contributed by atoms with van der Waals surface area (Å²) in [4.78, 5) is 19.3. The molecule has 0 spiro atoms. The van der Waals surface area contributed by atoms with Crippen molar-refractivity contribution in [3.8, 4) is 16.9 Å². The van der Waals surface area contributed by atoms with Crippen LogP contribution in [-0.2, 0) is 6.61 Å². The van der Waals surface area contributed by atoms with Crippen molar-refractivity contribution in [1.82, 2.24) is 9.97 Å². The van der Waals surface area contributed by atoms with Crippen LogP contribution in [0.1, 0.15) is 11.5 Å². The molecule has 126 valence electrons. The third-order valence-corrected chi connectivity index (χ3v) is 3.77. The van der Waals surface area contributed by atoms with Crippen LogP contribution < -0.4 is 10.3 Å². The number of para-hydroxylation sites is 1. The van der Waals surface area contributed by atoms with Crippen LogP contribution in [0.15, 0.2) is 66.0 Å². The van der Waals surface area contributed by atoms with E-state index in [1.54, 1.807) is 36.4 Å². The second-order valence-corrected chi connectivity index (χ2v) is 5.73. The van der Waals surface area contributed by atoms with Crippen LogP contribution in [0.4, 0.5) is 0 Å². The minimum Gasteiger partial charge on any atom is -0.505 e. The van der Waals surface area contributed by atoms with Crippen molar-refractivity contribution in [2.75, 3.05) is 0 Å². The van der Waals surface area contributed by atoms with Gasteiger partial charge in [0.05, 0.1) is 11.3 Å². The summed E-state index contributed by atoms with van der Waals surface area (Å²) in [5, 5.41) is 10.1. The second kappa shape index (κ2) is 7.23. The lowest BCUT2D eigenvalue weighted by molar-refractivity contribution is 0.301. The van der Waals surface area contributed by atoms with E-state index in [1.165, 1.54) is 0 Å². The van der Waals surface area contributed by atoms with Crippen LogP contribution in [0.3, 0.4) is 0 Å². The molecule has 3 rings (SSSR count). The van der Waals surface area contributed by atoms with E-state index in [1.807, 2.05) is 18.2 Å². The number of nitrogens with one attached hydrogen (secondary N) is 1. The Morgan fingerprint density at radius 2 is 1.84 bits per heavy atom. The van der Waals surface area contributed by atoms with Gasteiger partial charge in [-0.25, -0.2) is 4.98 Å². The van der Waals surface area contributed by atoms with Gasteiger partial charge in [-0.2, -0.15) is 0 Å². The molecule has 25 heavy (non-hydrogen) atoms. The lowest BCUT2D eigenvalue weighted by Gasteiger charge is -2.11. The maximum Gasteiger partial charge on any atom is 0.259 e. The highest BCUT2D eigenvalue weighted by Crippen LogP contribution is 2.23. The van der Waals surface area contributed by atoms with Gasteiger partial charge < -0.3 is 14.8 Å². The number of H-pyrrole nitrogens is 1. The van der Waals surface area contributed by atoms with Crippen molar-refractivity contribution in [1.29, 1.82) is 0 Å². The molecular formula is C19H15ClN2O3. The van der Waals surface area contributed by atoms with E-state index in [-0.39, 0.29) is 18.2 Å². The third kappa shape index (κ3) is 3.89. The molecule has 6 heteroatoms. The van der Waals surface area contributed by atoms with Gasteiger partial charge in [-0.05, 0) is 29.8 Å². The minimum atomic E-state index is -0.394. The van der Waals surface area contributed by atoms with Gasteiger partial charge in [0.1, 0.15) is 12.4 Å². The molecule has 0 unspecified atom stereocenters. The third-order valence-electron chi connectivity index (χ3n) is 3.52. The van der Waals surface area contributed by atoms with E-state index in [0.717, 1.165) is 0 Å². The van der Waals surface area contributed by atoms with Crippen LogP contribution in [-0.4, -0.2) is 15.1 Å². The predicted octanol–water partition coefficient (Wildman–Crippen LogP) is 4.20. The number of aromatic amines is 1. The summed E-state index contributed by atoms with van der Waals surface area (Å²) in [6, 6.07) is 16.0. The number of aromatic nitrogens is 2. The highest BCUT2D eigenvalue weighted by Gasteiger charge is 2.15. The average Bonchev–Trinajstić information content (AvgIpc) is 2.61. The van der Waals surface area contributed by atoms with E-state index in [2.05, 4.69) is 16.5 Å². The van der Waals surface area contributed by atoms with Crippen LogP contribution in [0, 0.1) is 0 Å². The molecule has 0 fully saturated rings. The monoisotopic (exact) mass is 354 g/mol. The number of hydrogen-bond acceptors (Lipinski definition) is 4. The predicted molar refractivity (Wildman–Crippen MR) is 97.7 cm³/mol. The summed E-state index contributed by atoms with van der Waals surface area (Å²) in [5.41, 5.74) is 1.01. The topological polar surface area (TPSA) is 75.2 Å². The first-order chi connectivity index (χ1) is 12.0. The molecule has 0 radical (unpaired) electrons. The Bertz CT molecular complexity index is 951. The van der Waals surface area contributed by atoms with E-state index in [4.69, 9.17) is 16.3 Å². The molecule has 0 aliphatic carbocycles. The molecule has 0 aliphatic rings. The quantitative estimate of drug-likeness (QED) is 0.673. The van der Waals surface area contributed by atoms with Gasteiger partial charge in [0, 0.05) is 5.02 Å². The summed E-state index contributed by atoms with van der Waals surface area (Å²) in [6.45, 7) is 3.47. The number of aliphatic hydroxyl groups excluding tert-OH is 1. The largest absolute Gasteiger partial charge is 0.505 e. The Kier molecular flexibility index (Phi) is 4.86. The SMILES string of the molecule is C=C(O)c1nc(COc2ccccc2)c(-c2ccc(Cl)cc2)c(=O)[nH]1.